The third-order valence-corrected chi connectivity index (χ3v) is 3.22. The van der Waals surface area contributed by atoms with Crippen molar-refractivity contribution in [2.75, 3.05) is 0 Å². The second-order valence-electron chi connectivity index (χ2n) is 4.92. The Morgan fingerprint density at radius 3 is 2.09 bits per heavy atom. The topological polar surface area (TPSA) is 85.9 Å². The quantitative estimate of drug-likeness (QED) is 0.919. The summed E-state index contributed by atoms with van der Waals surface area (Å²) in [6, 6.07) is 17.7. The molecule has 0 saturated heterocycles. The Labute approximate surface area is 134 Å². The summed E-state index contributed by atoms with van der Waals surface area (Å²) in [6.45, 7) is 2.03. The average Bonchev–Trinajstić information content (AvgIpc) is 2.60. The zero-order valence-electron chi connectivity index (χ0n) is 12.6. The molecule has 0 spiro atoms. The van der Waals surface area contributed by atoms with Crippen LogP contribution in [-0.4, -0.2) is 12.0 Å². The molecule has 0 heterocycles. The van der Waals surface area contributed by atoms with Gasteiger partial charge in [0, 0.05) is 6.54 Å². The van der Waals surface area contributed by atoms with Crippen molar-refractivity contribution in [1.29, 1.82) is 10.5 Å². The first-order valence-electron chi connectivity index (χ1n) is 7.06. The van der Waals surface area contributed by atoms with Gasteiger partial charge < -0.3 is 10.1 Å². The molecule has 0 aliphatic heterocycles. The van der Waals surface area contributed by atoms with E-state index in [1.54, 1.807) is 55.5 Å². The highest BCUT2D eigenvalue weighted by Crippen LogP contribution is 2.13. The van der Waals surface area contributed by atoms with E-state index in [2.05, 4.69) is 5.32 Å². The van der Waals surface area contributed by atoms with Gasteiger partial charge in [0.25, 0.3) is 5.91 Å². The molecule has 1 amide bonds. The van der Waals surface area contributed by atoms with Gasteiger partial charge in [-0.1, -0.05) is 12.1 Å². The van der Waals surface area contributed by atoms with E-state index < -0.39 is 6.10 Å². The van der Waals surface area contributed by atoms with Crippen LogP contribution in [-0.2, 0) is 11.3 Å². The highest BCUT2D eigenvalue weighted by Gasteiger charge is 2.14. The van der Waals surface area contributed by atoms with Crippen molar-refractivity contribution >= 4 is 5.91 Å². The number of hydrogen-bond acceptors (Lipinski definition) is 4. The van der Waals surface area contributed by atoms with Crippen LogP contribution in [0, 0.1) is 22.7 Å². The molecule has 0 aromatic heterocycles. The molecule has 2 aromatic carbocycles. The monoisotopic (exact) mass is 305 g/mol. The van der Waals surface area contributed by atoms with Crippen molar-refractivity contribution in [3.05, 3.63) is 65.2 Å². The Morgan fingerprint density at radius 2 is 1.57 bits per heavy atom. The second-order valence-corrected chi connectivity index (χ2v) is 4.92. The summed E-state index contributed by atoms with van der Waals surface area (Å²) >= 11 is 0. The number of ether oxygens (including phenoxy) is 1. The van der Waals surface area contributed by atoms with Crippen molar-refractivity contribution in [1.82, 2.24) is 5.32 Å². The summed E-state index contributed by atoms with van der Waals surface area (Å²) in [4.78, 5) is 12.0. The van der Waals surface area contributed by atoms with Gasteiger partial charge in [-0.05, 0) is 48.9 Å². The van der Waals surface area contributed by atoms with Gasteiger partial charge >= 0.3 is 0 Å². The number of rotatable bonds is 5. The fourth-order valence-electron chi connectivity index (χ4n) is 1.90. The fraction of sp³-hybridized carbons (Fsp3) is 0.167. The van der Waals surface area contributed by atoms with Gasteiger partial charge in [0.1, 0.15) is 5.75 Å². The summed E-state index contributed by atoms with van der Waals surface area (Å²) in [5.41, 5.74) is 2.02. The second kappa shape index (κ2) is 7.63. The van der Waals surface area contributed by atoms with Crippen LogP contribution < -0.4 is 10.1 Å². The van der Waals surface area contributed by atoms with E-state index in [1.807, 2.05) is 12.1 Å². The highest BCUT2D eigenvalue weighted by molar-refractivity contribution is 5.80. The first-order valence-corrected chi connectivity index (χ1v) is 7.06. The predicted octanol–water partition coefficient (Wildman–Crippen LogP) is 2.51. The van der Waals surface area contributed by atoms with Gasteiger partial charge in [-0.15, -0.1) is 0 Å². The molecule has 1 atom stereocenters. The molecule has 2 rings (SSSR count). The molecule has 1 unspecified atom stereocenters. The maximum atomic E-state index is 12.0. The van der Waals surface area contributed by atoms with Gasteiger partial charge in [0.2, 0.25) is 0 Å². The Kier molecular flexibility index (Phi) is 5.33. The minimum absolute atomic E-state index is 0.237. The Hall–Kier alpha value is -3.31. The molecule has 0 bridgehead atoms. The summed E-state index contributed by atoms with van der Waals surface area (Å²) < 4.78 is 5.54. The van der Waals surface area contributed by atoms with Gasteiger partial charge in [0.15, 0.2) is 6.10 Å². The number of amides is 1. The summed E-state index contributed by atoms with van der Waals surface area (Å²) in [6.07, 6.45) is -0.652. The molecule has 0 saturated carbocycles. The SMILES string of the molecule is CC(Oc1ccc(C#N)cc1)C(=O)NCc1ccc(C#N)cc1. The first kappa shape index (κ1) is 16.1. The number of nitrogens with zero attached hydrogens (tertiary/aromatic N) is 2. The van der Waals surface area contributed by atoms with E-state index in [1.165, 1.54) is 0 Å². The number of hydrogen-bond donors (Lipinski definition) is 1. The molecule has 5 heteroatoms. The number of nitrogens with one attached hydrogen (secondary N) is 1. The number of carbonyl (C=O) groups is 1. The molecule has 0 fully saturated rings. The smallest absolute Gasteiger partial charge is 0.261 e. The van der Waals surface area contributed by atoms with E-state index in [4.69, 9.17) is 15.3 Å². The largest absolute Gasteiger partial charge is 0.481 e. The zero-order chi connectivity index (χ0) is 16.7. The lowest BCUT2D eigenvalue weighted by Gasteiger charge is -2.14. The average molecular weight is 305 g/mol. The zero-order valence-corrected chi connectivity index (χ0v) is 12.6. The maximum absolute atomic E-state index is 12.0. The van der Waals surface area contributed by atoms with Crippen LogP contribution >= 0.6 is 0 Å². The van der Waals surface area contributed by atoms with E-state index in [0.717, 1.165) is 5.56 Å². The van der Waals surface area contributed by atoms with Crippen LogP contribution in [0.25, 0.3) is 0 Å². The third-order valence-electron chi connectivity index (χ3n) is 3.22. The molecule has 0 aliphatic rings. The van der Waals surface area contributed by atoms with Crippen molar-refractivity contribution in [2.24, 2.45) is 0 Å². The molecule has 2 aromatic rings. The molecule has 23 heavy (non-hydrogen) atoms. The number of carbonyl (C=O) groups excluding carboxylic acids is 1. The normalized spacial score (nSPS) is 10.9. The van der Waals surface area contributed by atoms with Crippen molar-refractivity contribution in [2.45, 2.75) is 19.6 Å². The molecule has 0 radical (unpaired) electrons. The first-order chi connectivity index (χ1) is 11.1. The lowest BCUT2D eigenvalue weighted by Crippen LogP contribution is -2.35. The fourth-order valence-corrected chi connectivity index (χ4v) is 1.90. The molecule has 0 aliphatic carbocycles. The van der Waals surface area contributed by atoms with Crippen molar-refractivity contribution < 1.29 is 9.53 Å². The van der Waals surface area contributed by atoms with Crippen LogP contribution in [0.5, 0.6) is 5.75 Å². The predicted molar refractivity (Wildman–Crippen MR) is 84.3 cm³/mol. The van der Waals surface area contributed by atoms with Gasteiger partial charge in [0.05, 0.1) is 23.3 Å². The maximum Gasteiger partial charge on any atom is 0.261 e. The van der Waals surface area contributed by atoms with Crippen LogP contribution in [0.2, 0.25) is 0 Å². The molecular formula is C18H15N3O2. The van der Waals surface area contributed by atoms with Gasteiger partial charge in [-0.3, -0.25) is 4.79 Å². The minimum Gasteiger partial charge on any atom is -0.481 e. The van der Waals surface area contributed by atoms with Crippen LogP contribution in [0.4, 0.5) is 0 Å². The van der Waals surface area contributed by atoms with Crippen molar-refractivity contribution in [3.8, 4) is 17.9 Å². The van der Waals surface area contributed by atoms with E-state index in [9.17, 15) is 4.79 Å². The van der Waals surface area contributed by atoms with E-state index in [-0.39, 0.29) is 5.91 Å². The van der Waals surface area contributed by atoms with Crippen LogP contribution in [0.1, 0.15) is 23.6 Å². The third kappa shape index (κ3) is 4.59. The van der Waals surface area contributed by atoms with Gasteiger partial charge in [-0.2, -0.15) is 10.5 Å². The Morgan fingerprint density at radius 1 is 1.04 bits per heavy atom. The minimum atomic E-state index is -0.652. The van der Waals surface area contributed by atoms with E-state index in [0.29, 0.717) is 23.4 Å². The molecular weight excluding hydrogens is 290 g/mol. The summed E-state index contributed by atoms with van der Waals surface area (Å²) in [5.74, 6) is 0.295. The Bertz CT molecular complexity index is 753. The molecule has 5 nitrogen and oxygen atoms in total. The molecule has 114 valence electrons. The number of benzene rings is 2. The Balaban J connectivity index is 1.86. The summed E-state index contributed by atoms with van der Waals surface area (Å²) in [5, 5.41) is 20.3. The number of nitriles is 2. The van der Waals surface area contributed by atoms with Gasteiger partial charge in [-0.25, -0.2) is 0 Å². The van der Waals surface area contributed by atoms with Crippen LogP contribution in [0.15, 0.2) is 48.5 Å². The van der Waals surface area contributed by atoms with E-state index >= 15 is 0 Å². The van der Waals surface area contributed by atoms with Crippen LogP contribution in [0.3, 0.4) is 0 Å². The molecule has 1 N–H and O–H groups in total. The summed E-state index contributed by atoms with van der Waals surface area (Å²) in [7, 11) is 0. The standard InChI is InChI=1S/C18H15N3O2/c1-13(23-17-8-6-15(11-20)7-9-17)18(22)21-12-16-4-2-14(10-19)3-5-16/h2-9,13H,12H2,1H3,(H,21,22). The lowest BCUT2D eigenvalue weighted by atomic mass is 10.1. The lowest BCUT2D eigenvalue weighted by molar-refractivity contribution is -0.127. The highest BCUT2D eigenvalue weighted by atomic mass is 16.5. The van der Waals surface area contributed by atoms with Crippen molar-refractivity contribution in [3.63, 3.8) is 0 Å².